The number of nitrogens with one attached hydrogen (secondary N) is 1. The van der Waals surface area contributed by atoms with Crippen LogP contribution in [0.4, 0.5) is 0 Å². The van der Waals surface area contributed by atoms with E-state index in [2.05, 4.69) is 22.1 Å². The van der Waals surface area contributed by atoms with Gasteiger partial charge in [-0.25, -0.2) is 0 Å². The minimum atomic E-state index is -0.0190. The molecule has 2 aromatic rings. The zero-order chi connectivity index (χ0) is 22.8. The normalized spacial score (nSPS) is 32.1. The molecule has 2 atom stereocenters. The van der Waals surface area contributed by atoms with Crippen molar-refractivity contribution in [3.8, 4) is 10.9 Å². The van der Waals surface area contributed by atoms with E-state index < -0.39 is 0 Å². The van der Waals surface area contributed by atoms with Crippen LogP contribution in [-0.4, -0.2) is 41.0 Å². The van der Waals surface area contributed by atoms with E-state index in [0.29, 0.717) is 33.6 Å². The topological polar surface area (TPSA) is 54.5 Å². The number of fused-ring (bicyclic) bond motifs is 6. The molecule has 0 radical (unpaired) electrons. The van der Waals surface area contributed by atoms with Crippen LogP contribution < -0.4 is 10.1 Å². The highest BCUT2D eigenvalue weighted by Gasteiger charge is 2.40. The van der Waals surface area contributed by atoms with Gasteiger partial charge in [0, 0.05) is 23.0 Å². The van der Waals surface area contributed by atoms with E-state index in [1.165, 1.54) is 24.2 Å². The smallest absolute Gasteiger partial charge is 0.280 e. The quantitative estimate of drug-likeness (QED) is 0.543. The van der Waals surface area contributed by atoms with Gasteiger partial charge < -0.3 is 10.1 Å². The maximum atomic E-state index is 12.6. The standard InChI is InChI=1S/C18H20ClN3O2S.C8H14/c1-11-16(12-6-8-22(11)9-7-12)21-17(23)13-2-4-14(5-3-13)24-18-20-15(19)10-25-18;1-2-8-5-3-7(1)4-6-8/h2-5,10-12,16H,6-9H2,1H3,(H,21,23);7-8H,1-6H2/t11-,16-;/m0./s1. The molecular formula is C26H34ClN3O2S. The number of halogens is 1. The van der Waals surface area contributed by atoms with Crippen LogP contribution in [0.15, 0.2) is 29.6 Å². The van der Waals surface area contributed by atoms with Gasteiger partial charge in [0.05, 0.1) is 0 Å². The van der Waals surface area contributed by atoms with Crippen molar-refractivity contribution in [2.24, 2.45) is 17.8 Å². The van der Waals surface area contributed by atoms with E-state index in [1.54, 1.807) is 68.2 Å². The summed E-state index contributed by atoms with van der Waals surface area (Å²) in [6.45, 7) is 4.53. The average molecular weight is 488 g/mol. The monoisotopic (exact) mass is 487 g/mol. The number of carbonyl (C=O) groups is 1. The lowest BCUT2D eigenvalue weighted by atomic mass is 9.71. The highest BCUT2D eigenvalue weighted by atomic mass is 35.5. The van der Waals surface area contributed by atoms with E-state index >= 15 is 0 Å². The molecule has 1 amide bonds. The molecule has 1 N–H and O–H groups in total. The van der Waals surface area contributed by atoms with E-state index in [9.17, 15) is 4.79 Å². The van der Waals surface area contributed by atoms with Crippen molar-refractivity contribution < 1.29 is 9.53 Å². The molecule has 7 heteroatoms. The Kier molecular flexibility index (Phi) is 7.24. The molecule has 3 saturated heterocycles. The predicted molar refractivity (Wildman–Crippen MR) is 133 cm³/mol. The van der Waals surface area contributed by atoms with Crippen molar-refractivity contribution in [1.29, 1.82) is 0 Å². The number of piperidine rings is 3. The van der Waals surface area contributed by atoms with Crippen molar-refractivity contribution >= 4 is 28.8 Å². The lowest BCUT2D eigenvalue weighted by molar-refractivity contribution is 0.0217. The van der Waals surface area contributed by atoms with Crippen molar-refractivity contribution in [1.82, 2.24) is 15.2 Å². The molecule has 4 heterocycles. The SMILES string of the molecule is C1CC2CCC1CC2.C[C@H]1[C@H](NC(=O)c2ccc(Oc3nc(Cl)cs3)cc2)C2CCN1CC2. The first-order chi connectivity index (χ1) is 16.0. The molecule has 0 unspecified atom stereocenters. The molecular weight excluding hydrogens is 454 g/mol. The van der Waals surface area contributed by atoms with Crippen LogP contribution in [-0.2, 0) is 0 Å². The van der Waals surface area contributed by atoms with Gasteiger partial charge in [-0.15, -0.1) is 0 Å². The highest BCUT2D eigenvalue weighted by Crippen LogP contribution is 2.40. The first-order valence-corrected chi connectivity index (χ1v) is 13.7. The number of hydrogen-bond donors (Lipinski definition) is 1. The van der Waals surface area contributed by atoms with Gasteiger partial charge in [-0.2, -0.15) is 4.98 Å². The van der Waals surface area contributed by atoms with Gasteiger partial charge in [-0.1, -0.05) is 61.5 Å². The summed E-state index contributed by atoms with van der Waals surface area (Å²) in [6.07, 6.45) is 11.7. The molecule has 33 heavy (non-hydrogen) atoms. The molecule has 3 aliphatic carbocycles. The van der Waals surface area contributed by atoms with Gasteiger partial charge in [0.15, 0.2) is 0 Å². The Hall–Kier alpha value is -1.63. The Balaban J connectivity index is 0.000000238. The summed E-state index contributed by atoms with van der Waals surface area (Å²) < 4.78 is 5.63. The van der Waals surface area contributed by atoms with E-state index in [1.807, 2.05) is 0 Å². The molecule has 0 spiro atoms. The van der Waals surface area contributed by atoms with Gasteiger partial charge in [-0.3, -0.25) is 9.69 Å². The summed E-state index contributed by atoms with van der Waals surface area (Å²) in [6, 6.07) is 7.78. The molecule has 4 bridgehead atoms. The number of amides is 1. The summed E-state index contributed by atoms with van der Waals surface area (Å²) in [7, 11) is 0. The molecule has 3 saturated carbocycles. The third-order valence-electron chi connectivity index (χ3n) is 8.20. The Labute approximate surface area is 205 Å². The Morgan fingerprint density at radius 2 is 1.64 bits per heavy atom. The number of carbonyl (C=O) groups excluding carboxylic acids is 1. The molecule has 8 rings (SSSR count). The predicted octanol–water partition coefficient (Wildman–Crippen LogP) is 6.39. The average Bonchev–Trinajstić information content (AvgIpc) is 3.28. The number of nitrogens with zero attached hydrogens (tertiary/aromatic N) is 2. The number of benzene rings is 1. The van der Waals surface area contributed by atoms with Gasteiger partial charge in [0.1, 0.15) is 10.9 Å². The Morgan fingerprint density at radius 3 is 2.12 bits per heavy atom. The van der Waals surface area contributed by atoms with Crippen molar-refractivity contribution in [2.45, 2.75) is 70.4 Å². The summed E-state index contributed by atoms with van der Waals surface area (Å²) >= 11 is 7.12. The van der Waals surface area contributed by atoms with Gasteiger partial charge in [-0.05, 0) is 74.9 Å². The molecule has 178 valence electrons. The van der Waals surface area contributed by atoms with Crippen LogP contribution >= 0.6 is 22.9 Å². The summed E-state index contributed by atoms with van der Waals surface area (Å²) in [5.41, 5.74) is 0.646. The molecule has 5 nitrogen and oxygen atoms in total. The maximum absolute atomic E-state index is 12.6. The number of thiazole rings is 1. The Bertz CT molecular complexity index is 908. The van der Waals surface area contributed by atoms with Crippen LogP contribution in [0.2, 0.25) is 5.15 Å². The fraction of sp³-hybridized carbons (Fsp3) is 0.615. The third-order valence-corrected chi connectivity index (χ3v) is 9.24. The van der Waals surface area contributed by atoms with E-state index in [-0.39, 0.29) is 11.9 Å². The number of aromatic nitrogens is 1. The second-order valence-corrected chi connectivity index (χ2v) is 11.3. The van der Waals surface area contributed by atoms with Crippen LogP contribution in [0.5, 0.6) is 10.9 Å². The molecule has 1 aromatic heterocycles. The lowest BCUT2D eigenvalue weighted by Gasteiger charge is -2.49. The maximum Gasteiger partial charge on any atom is 0.280 e. The summed E-state index contributed by atoms with van der Waals surface area (Å²) in [5.74, 6) is 3.52. The van der Waals surface area contributed by atoms with Crippen molar-refractivity contribution in [3.05, 3.63) is 40.4 Å². The van der Waals surface area contributed by atoms with Gasteiger partial charge in [0.2, 0.25) is 0 Å². The van der Waals surface area contributed by atoms with Gasteiger partial charge in [0.25, 0.3) is 11.1 Å². The molecule has 6 fully saturated rings. The largest absolute Gasteiger partial charge is 0.431 e. The number of hydrogen-bond acceptors (Lipinski definition) is 5. The second kappa shape index (κ2) is 10.3. The highest BCUT2D eigenvalue weighted by molar-refractivity contribution is 7.11. The second-order valence-electron chi connectivity index (χ2n) is 10.1. The number of ether oxygens (including phenoxy) is 1. The first-order valence-electron chi connectivity index (χ1n) is 12.5. The summed E-state index contributed by atoms with van der Waals surface area (Å²) in [5, 5.41) is 5.86. The zero-order valence-electron chi connectivity index (χ0n) is 19.3. The number of rotatable bonds is 4. The molecule has 1 aromatic carbocycles. The minimum Gasteiger partial charge on any atom is -0.431 e. The van der Waals surface area contributed by atoms with Crippen LogP contribution in [0.1, 0.15) is 68.6 Å². The molecule has 6 aliphatic rings. The van der Waals surface area contributed by atoms with Crippen LogP contribution in [0.3, 0.4) is 0 Å². The fourth-order valence-electron chi connectivity index (χ4n) is 6.12. The minimum absolute atomic E-state index is 0.0190. The Morgan fingerprint density at radius 1 is 1.03 bits per heavy atom. The van der Waals surface area contributed by atoms with E-state index in [0.717, 1.165) is 24.9 Å². The van der Waals surface area contributed by atoms with Crippen LogP contribution in [0, 0.1) is 17.8 Å². The lowest BCUT2D eigenvalue weighted by Crippen LogP contribution is -2.62. The van der Waals surface area contributed by atoms with Crippen molar-refractivity contribution in [2.75, 3.05) is 13.1 Å². The molecule has 3 aliphatic heterocycles. The van der Waals surface area contributed by atoms with Gasteiger partial charge >= 0.3 is 0 Å². The first kappa shape index (κ1) is 23.1. The third kappa shape index (κ3) is 5.55. The summed E-state index contributed by atoms with van der Waals surface area (Å²) in [4.78, 5) is 19.1. The van der Waals surface area contributed by atoms with E-state index in [4.69, 9.17) is 16.3 Å². The fourth-order valence-corrected chi connectivity index (χ4v) is 6.93. The van der Waals surface area contributed by atoms with Crippen LogP contribution in [0.25, 0.3) is 0 Å². The zero-order valence-corrected chi connectivity index (χ0v) is 20.9. The van der Waals surface area contributed by atoms with Crippen molar-refractivity contribution in [3.63, 3.8) is 0 Å².